The highest BCUT2D eigenvalue weighted by atomic mass is 32.1. The Hall–Kier alpha value is -3.78. The third-order valence-corrected chi connectivity index (χ3v) is 5.22. The van der Waals surface area contributed by atoms with Crippen molar-refractivity contribution in [3.8, 4) is 11.4 Å². The third-order valence-electron chi connectivity index (χ3n) is 5.01. The number of nitrogens with one attached hydrogen (secondary N) is 2. The molecule has 0 fully saturated rings. The van der Waals surface area contributed by atoms with Crippen LogP contribution in [0.4, 0.5) is 5.69 Å². The fraction of sp³-hybridized carbons (Fsp3) is 0.167. The summed E-state index contributed by atoms with van der Waals surface area (Å²) in [6.07, 6.45) is 0. The first-order valence-electron chi connectivity index (χ1n) is 10.2. The summed E-state index contributed by atoms with van der Waals surface area (Å²) in [5.41, 5.74) is 5.73. The van der Waals surface area contributed by atoms with Gasteiger partial charge in [-0.3, -0.25) is 10.1 Å². The second-order valence-corrected chi connectivity index (χ2v) is 7.74. The minimum atomic E-state index is -0.256. The molecule has 7 nitrogen and oxygen atoms in total. The Balaban J connectivity index is 1.45. The largest absolute Gasteiger partial charge is 0.494 e. The van der Waals surface area contributed by atoms with Crippen LogP contribution in [0.2, 0.25) is 0 Å². The van der Waals surface area contributed by atoms with Crippen LogP contribution in [0.15, 0.2) is 60.7 Å². The van der Waals surface area contributed by atoms with E-state index in [2.05, 4.69) is 20.8 Å². The molecule has 162 valence electrons. The van der Waals surface area contributed by atoms with Crippen LogP contribution in [0.5, 0.6) is 5.75 Å². The number of carbonyl (C=O) groups is 1. The average molecular weight is 446 g/mol. The second kappa shape index (κ2) is 9.15. The van der Waals surface area contributed by atoms with Gasteiger partial charge in [0.25, 0.3) is 5.91 Å². The highest BCUT2D eigenvalue weighted by Gasteiger charge is 2.11. The van der Waals surface area contributed by atoms with Crippen molar-refractivity contribution in [1.29, 1.82) is 0 Å². The molecule has 0 bridgehead atoms. The van der Waals surface area contributed by atoms with Gasteiger partial charge in [-0.05, 0) is 98.7 Å². The number of carbonyl (C=O) groups excluding carboxylic acids is 1. The van der Waals surface area contributed by atoms with E-state index in [1.807, 2.05) is 75.4 Å². The molecule has 0 saturated heterocycles. The fourth-order valence-corrected chi connectivity index (χ4v) is 3.38. The van der Waals surface area contributed by atoms with Crippen molar-refractivity contribution < 1.29 is 9.53 Å². The normalized spacial score (nSPS) is 10.7. The first kappa shape index (κ1) is 21.5. The number of benzene rings is 3. The molecule has 1 heterocycles. The molecule has 0 aliphatic rings. The molecule has 0 atom stereocenters. The standard InChI is InChI=1S/C24H23N5O2S/c1-4-31-20-10-8-19(9-11-20)29-27-21-12-7-18(14-22(21)28-29)25-24(32)26-23(30)17-6-5-15(2)16(3)13-17/h5-14H,4H2,1-3H3,(H2,25,26,30,32). The molecule has 4 rings (SSSR count). The van der Waals surface area contributed by atoms with E-state index in [0.29, 0.717) is 23.4 Å². The summed E-state index contributed by atoms with van der Waals surface area (Å²) in [7, 11) is 0. The van der Waals surface area contributed by atoms with Crippen LogP contribution in [0.25, 0.3) is 16.7 Å². The monoisotopic (exact) mass is 445 g/mol. The van der Waals surface area contributed by atoms with E-state index in [-0.39, 0.29) is 11.0 Å². The number of aryl methyl sites for hydroxylation is 2. The number of hydrogen-bond acceptors (Lipinski definition) is 5. The van der Waals surface area contributed by atoms with E-state index in [4.69, 9.17) is 17.0 Å². The number of thiocarbonyl (C=S) groups is 1. The highest BCUT2D eigenvalue weighted by molar-refractivity contribution is 7.80. The lowest BCUT2D eigenvalue weighted by molar-refractivity contribution is 0.0977. The van der Waals surface area contributed by atoms with Gasteiger partial charge < -0.3 is 10.1 Å². The summed E-state index contributed by atoms with van der Waals surface area (Å²) in [5.74, 6) is 0.545. The van der Waals surface area contributed by atoms with Gasteiger partial charge in [-0.1, -0.05) is 6.07 Å². The van der Waals surface area contributed by atoms with Crippen LogP contribution in [-0.2, 0) is 0 Å². The molecule has 1 aromatic heterocycles. The zero-order valence-corrected chi connectivity index (χ0v) is 18.9. The van der Waals surface area contributed by atoms with Gasteiger partial charge >= 0.3 is 0 Å². The number of anilines is 1. The van der Waals surface area contributed by atoms with Gasteiger partial charge in [0, 0.05) is 11.3 Å². The van der Waals surface area contributed by atoms with E-state index < -0.39 is 0 Å². The fourth-order valence-electron chi connectivity index (χ4n) is 3.17. The maximum absolute atomic E-state index is 12.5. The first-order chi connectivity index (χ1) is 15.4. The van der Waals surface area contributed by atoms with Crippen molar-refractivity contribution >= 4 is 40.0 Å². The molecule has 32 heavy (non-hydrogen) atoms. The Morgan fingerprint density at radius 1 is 0.969 bits per heavy atom. The number of nitrogens with zero attached hydrogens (tertiary/aromatic N) is 3. The molecule has 2 N–H and O–H groups in total. The zero-order valence-electron chi connectivity index (χ0n) is 18.0. The van der Waals surface area contributed by atoms with Gasteiger partial charge in [-0.25, -0.2) is 0 Å². The Morgan fingerprint density at radius 2 is 1.72 bits per heavy atom. The van der Waals surface area contributed by atoms with Gasteiger partial charge in [0.2, 0.25) is 0 Å². The van der Waals surface area contributed by atoms with Crippen LogP contribution >= 0.6 is 12.2 Å². The number of fused-ring (bicyclic) bond motifs is 1. The number of aromatic nitrogens is 3. The van der Waals surface area contributed by atoms with E-state index in [1.54, 1.807) is 10.9 Å². The minimum Gasteiger partial charge on any atom is -0.494 e. The Labute approximate surface area is 191 Å². The van der Waals surface area contributed by atoms with E-state index in [1.165, 1.54) is 0 Å². The van der Waals surface area contributed by atoms with Crippen LogP contribution in [0.3, 0.4) is 0 Å². The lowest BCUT2D eigenvalue weighted by atomic mass is 10.1. The molecule has 0 unspecified atom stereocenters. The maximum atomic E-state index is 12.5. The number of ether oxygens (including phenoxy) is 1. The number of hydrogen-bond donors (Lipinski definition) is 2. The summed E-state index contributed by atoms with van der Waals surface area (Å²) >= 11 is 5.31. The molecule has 1 amide bonds. The predicted molar refractivity (Wildman–Crippen MR) is 130 cm³/mol. The van der Waals surface area contributed by atoms with E-state index in [9.17, 15) is 4.79 Å². The van der Waals surface area contributed by atoms with Crippen LogP contribution < -0.4 is 15.4 Å². The molecule has 3 aromatic carbocycles. The third kappa shape index (κ3) is 4.76. The van der Waals surface area contributed by atoms with Crippen LogP contribution in [0.1, 0.15) is 28.4 Å². The summed E-state index contributed by atoms with van der Waals surface area (Å²) in [6, 6.07) is 18.7. The smallest absolute Gasteiger partial charge is 0.257 e. The van der Waals surface area contributed by atoms with Gasteiger partial charge in [-0.15, -0.1) is 10.2 Å². The van der Waals surface area contributed by atoms with Gasteiger partial charge in [0.15, 0.2) is 5.11 Å². The Morgan fingerprint density at radius 3 is 2.44 bits per heavy atom. The average Bonchev–Trinajstić information content (AvgIpc) is 3.19. The van der Waals surface area contributed by atoms with Crippen LogP contribution in [-0.4, -0.2) is 32.6 Å². The predicted octanol–water partition coefficient (Wildman–Crippen LogP) is 4.56. The summed E-state index contributed by atoms with van der Waals surface area (Å²) in [5, 5.41) is 15.0. The molecule has 8 heteroatoms. The van der Waals surface area contributed by atoms with Crippen molar-refractivity contribution in [1.82, 2.24) is 20.3 Å². The van der Waals surface area contributed by atoms with E-state index >= 15 is 0 Å². The molecular weight excluding hydrogens is 422 g/mol. The second-order valence-electron chi connectivity index (χ2n) is 7.33. The van der Waals surface area contributed by atoms with Crippen LogP contribution in [0, 0.1) is 13.8 Å². The molecule has 0 aliphatic heterocycles. The lowest BCUT2D eigenvalue weighted by Crippen LogP contribution is -2.34. The molecular formula is C24H23N5O2S. The van der Waals surface area contributed by atoms with Gasteiger partial charge in [-0.2, -0.15) is 4.80 Å². The number of amides is 1. The number of rotatable bonds is 5. The topological polar surface area (TPSA) is 81.1 Å². The van der Waals surface area contributed by atoms with Crippen molar-refractivity contribution in [3.05, 3.63) is 77.4 Å². The SMILES string of the molecule is CCOc1ccc(-n2nc3ccc(NC(=S)NC(=O)c4ccc(C)c(C)c4)cc3n2)cc1. The molecule has 0 saturated carbocycles. The molecule has 0 radical (unpaired) electrons. The molecule has 0 aliphatic carbocycles. The lowest BCUT2D eigenvalue weighted by Gasteiger charge is -2.10. The Kier molecular flexibility index (Phi) is 6.13. The van der Waals surface area contributed by atoms with Crippen molar-refractivity contribution in [2.75, 3.05) is 11.9 Å². The highest BCUT2D eigenvalue weighted by Crippen LogP contribution is 2.19. The zero-order chi connectivity index (χ0) is 22.7. The van der Waals surface area contributed by atoms with Crippen molar-refractivity contribution in [2.24, 2.45) is 0 Å². The maximum Gasteiger partial charge on any atom is 0.257 e. The summed E-state index contributed by atoms with van der Waals surface area (Å²) in [4.78, 5) is 14.0. The quantitative estimate of drug-likeness (QED) is 0.438. The van der Waals surface area contributed by atoms with Crippen molar-refractivity contribution in [2.45, 2.75) is 20.8 Å². The van der Waals surface area contributed by atoms with Crippen molar-refractivity contribution in [3.63, 3.8) is 0 Å². The summed E-state index contributed by atoms with van der Waals surface area (Å²) < 4.78 is 5.47. The molecule has 4 aromatic rings. The van der Waals surface area contributed by atoms with Gasteiger partial charge in [0.05, 0.1) is 12.3 Å². The van der Waals surface area contributed by atoms with E-state index in [0.717, 1.165) is 28.1 Å². The Bertz CT molecular complexity index is 1300. The summed E-state index contributed by atoms with van der Waals surface area (Å²) in [6.45, 7) is 6.54. The minimum absolute atomic E-state index is 0.214. The first-order valence-corrected chi connectivity index (χ1v) is 10.6. The molecule has 0 spiro atoms. The van der Waals surface area contributed by atoms with Gasteiger partial charge in [0.1, 0.15) is 16.8 Å².